The normalized spacial score (nSPS) is 26.0. The van der Waals surface area contributed by atoms with E-state index in [2.05, 4.69) is 19.6 Å². The van der Waals surface area contributed by atoms with Crippen molar-refractivity contribution >= 4 is 62.5 Å². The lowest BCUT2D eigenvalue weighted by atomic mass is 9.94. The molecule has 0 N–H and O–H groups in total. The van der Waals surface area contributed by atoms with Crippen molar-refractivity contribution in [2.24, 2.45) is 0 Å². The lowest BCUT2D eigenvalue weighted by molar-refractivity contribution is -0.134. The molecule has 4 rings (SSSR count). The number of likely N-dealkylation sites (N-methyl/N-ethyl adjacent to an activating group) is 1. The highest BCUT2D eigenvalue weighted by molar-refractivity contribution is 8.23. The SMILES string of the molecule is CN(C)C(=O)C(CN1CN(C2CCCCC2)CSC1=S)N1CN(C2CCCCC2)CSC1=S. The van der Waals surface area contributed by atoms with Crippen molar-refractivity contribution in [2.75, 3.05) is 45.7 Å². The Morgan fingerprint density at radius 1 is 0.879 bits per heavy atom. The fraction of sp³-hybridized carbons (Fsp3) is 0.870. The molecule has 0 radical (unpaired) electrons. The van der Waals surface area contributed by atoms with Crippen LogP contribution in [0.1, 0.15) is 64.2 Å². The average molecular weight is 530 g/mol. The van der Waals surface area contributed by atoms with Crippen LogP contribution >= 0.6 is 48.0 Å². The summed E-state index contributed by atoms with van der Waals surface area (Å²) >= 11 is 15.1. The summed E-state index contributed by atoms with van der Waals surface area (Å²) in [5, 5.41) is 0. The van der Waals surface area contributed by atoms with Gasteiger partial charge in [0, 0.05) is 32.7 Å². The smallest absolute Gasteiger partial charge is 0.246 e. The van der Waals surface area contributed by atoms with E-state index < -0.39 is 0 Å². The molecule has 6 nitrogen and oxygen atoms in total. The molecule has 2 saturated heterocycles. The van der Waals surface area contributed by atoms with Gasteiger partial charge in [0.25, 0.3) is 0 Å². The maximum atomic E-state index is 13.4. The minimum atomic E-state index is -0.309. The molecule has 1 amide bonds. The van der Waals surface area contributed by atoms with Crippen LogP contribution in [0.3, 0.4) is 0 Å². The Morgan fingerprint density at radius 2 is 1.39 bits per heavy atom. The van der Waals surface area contributed by atoms with Crippen molar-refractivity contribution in [2.45, 2.75) is 82.3 Å². The van der Waals surface area contributed by atoms with E-state index in [1.54, 1.807) is 28.4 Å². The van der Waals surface area contributed by atoms with Gasteiger partial charge in [-0.2, -0.15) is 0 Å². The molecule has 4 fully saturated rings. The third kappa shape index (κ3) is 6.55. The van der Waals surface area contributed by atoms with Gasteiger partial charge in [-0.15, -0.1) is 0 Å². The number of nitrogens with zero attached hydrogens (tertiary/aromatic N) is 5. The van der Waals surface area contributed by atoms with Crippen molar-refractivity contribution in [3.05, 3.63) is 0 Å². The molecular weight excluding hydrogens is 491 g/mol. The van der Waals surface area contributed by atoms with Gasteiger partial charge in [0.1, 0.15) is 14.7 Å². The summed E-state index contributed by atoms with van der Waals surface area (Å²) in [6.45, 7) is 2.18. The number of carbonyl (C=O) groups is 1. The average Bonchev–Trinajstić information content (AvgIpc) is 2.84. The first-order valence-electron chi connectivity index (χ1n) is 12.5. The molecule has 10 heteroatoms. The van der Waals surface area contributed by atoms with Crippen LogP contribution in [0, 0.1) is 0 Å². The highest BCUT2D eigenvalue weighted by Crippen LogP contribution is 2.31. The minimum Gasteiger partial charge on any atom is -0.347 e. The highest BCUT2D eigenvalue weighted by atomic mass is 32.2. The summed E-state index contributed by atoms with van der Waals surface area (Å²) in [6, 6.07) is 0.949. The van der Waals surface area contributed by atoms with Gasteiger partial charge in [-0.1, -0.05) is 86.5 Å². The number of thiocarbonyl (C=S) groups is 2. The van der Waals surface area contributed by atoms with Crippen molar-refractivity contribution in [1.29, 1.82) is 0 Å². The van der Waals surface area contributed by atoms with Gasteiger partial charge >= 0.3 is 0 Å². The maximum absolute atomic E-state index is 13.4. The molecule has 0 aromatic rings. The summed E-state index contributed by atoms with van der Waals surface area (Å²) < 4.78 is 1.76. The monoisotopic (exact) mass is 529 g/mol. The number of hydrogen-bond donors (Lipinski definition) is 0. The van der Waals surface area contributed by atoms with Crippen LogP contribution in [0.2, 0.25) is 0 Å². The Kier molecular flexibility index (Phi) is 9.60. The molecule has 1 atom stereocenters. The lowest BCUT2D eigenvalue weighted by Crippen LogP contribution is -2.61. The molecule has 2 aliphatic carbocycles. The van der Waals surface area contributed by atoms with Crippen LogP contribution in [0.4, 0.5) is 0 Å². The molecule has 2 aliphatic heterocycles. The molecule has 4 aliphatic rings. The Balaban J connectivity index is 1.48. The van der Waals surface area contributed by atoms with E-state index in [4.69, 9.17) is 24.4 Å². The predicted molar refractivity (Wildman–Crippen MR) is 148 cm³/mol. The van der Waals surface area contributed by atoms with Crippen molar-refractivity contribution < 1.29 is 4.79 Å². The standard InChI is InChI=1S/C23H39N5OS4/c1-24(2)21(29)20(28-15-27(17-33-23(28)31)19-11-7-4-8-12-19)13-25-14-26(16-32-22(25)30)18-9-5-3-6-10-18/h18-20H,3-17H2,1-2H3. The zero-order chi connectivity index (χ0) is 23.4. The molecular formula is C23H39N5OS4. The quantitative estimate of drug-likeness (QED) is 0.470. The molecule has 33 heavy (non-hydrogen) atoms. The van der Waals surface area contributed by atoms with E-state index in [9.17, 15) is 4.79 Å². The number of rotatable bonds is 6. The molecule has 0 aromatic heterocycles. The summed E-state index contributed by atoms with van der Waals surface area (Å²) in [4.78, 5) is 24.7. The molecule has 186 valence electrons. The summed E-state index contributed by atoms with van der Waals surface area (Å²) in [6.07, 6.45) is 13.1. The van der Waals surface area contributed by atoms with E-state index in [1.807, 2.05) is 14.1 Å². The van der Waals surface area contributed by atoms with Crippen LogP contribution in [-0.2, 0) is 4.79 Å². The largest absolute Gasteiger partial charge is 0.347 e. The Labute approximate surface area is 219 Å². The van der Waals surface area contributed by atoms with Crippen LogP contribution < -0.4 is 0 Å². The maximum Gasteiger partial charge on any atom is 0.246 e. The van der Waals surface area contributed by atoms with E-state index >= 15 is 0 Å². The Morgan fingerprint density at radius 3 is 1.94 bits per heavy atom. The second-order valence-corrected chi connectivity index (χ2v) is 13.2. The fourth-order valence-corrected chi connectivity index (χ4v) is 8.01. The van der Waals surface area contributed by atoms with E-state index in [0.717, 1.165) is 33.7 Å². The first-order chi connectivity index (χ1) is 15.9. The van der Waals surface area contributed by atoms with Gasteiger partial charge in [-0.3, -0.25) is 14.6 Å². The lowest BCUT2D eigenvalue weighted by Gasteiger charge is -2.47. The number of carbonyl (C=O) groups excluding carboxylic acids is 1. The Hall–Kier alpha value is -0.130. The third-order valence-corrected chi connectivity index (χ3v) is 10.7. The zero-order valence-electron chi connectivity index (χ0n) is 20.1. The summed E-state index contributed by atoms with van der Waals surface area (Å²) in [5.41, 5.74) is 0. The van der Waals surface area contributed by atoms with E-state index in [0.29, 0.717) is 18.6 Å². The van der Waals surface area contributed by atoms with Crippen molar-refractivity contribution in [3.63, 3.8) is 0 Å². The molecule has 1 unspecified atom stereocenters. The van der Waals surface area contributed by atoms with E-state index in [-0.39, 0.29) is 11.9 Å². The predicted octanol–water partition coefficient (Wildman–Crippen LogP) is 4.21. The van der Waals surface area contributed by atoms with Crippen LogP contribution in [0.25, 0.3) is 0 Å². The molecule has 0 spiro atoms. The van der Waals surface area contributed by atoms with Crippen molar-refractivity contribution in [3.8, 4) is 0 Å². The van der Waals surface area contributed by atoms with Gasteiger partial charge in [0.15, 0.2) is 0 Å². The first-order valence-corrected chi connectivity index (χ1v) is 15.3. The Bertz CT molecular complexity index is 711. The summed E-state index contributed by atoms with van der Waals surface area (Å²) in [5.74, 6) is 2.03. The third-order valence-electron chi connectivity index (χ3n) is 7.56. The first kappa shape index (κ1) is 25.9. The topological polar surface area (TPSA) is 33.3 Å². The zero-order valence-corrected chi connectivity index (χ0v) is 23.4. The van der Waals surface area contributed by atoms with Crippen LogP contribution in [0.15, 0.2) is 0 Å². The molecule has 0 bridgehead atoms. The molecule has 2 heterocycles. The second kappa shape index (κ2) is 12.2. The van der Waals surface area contributed by atoms with E-state index in [1.165, 1.54) is 64.2 Å². The molecule has 0 aromatic carbocycles. The van der Waals surface area contributed by atoms with Crippen LogP contribution in [0.5, 0.6) is 0 Å². The van der Waals surface area contributed by atoms with Crippen molar-refractivity contribution in [1.82, 2.24) is 24.5 Å². The number of thioether (sulfide) groups is 2. The molecule has 2 saturated carbocycles. The number of amides is 1. The fourth-order valence-electron chi connectivity index (χ4n) is 5.57. The second-order valence-electron chi connectivity index (χ2n) is 10.1. The minimum absolute atomic E-state index is 0.117. The summed E-state index contributed by atoms with van der Waals surface area (Å²) in [7, 11) is 3.71. The highest BCUT2D eigenvalue weighted by Gasteiger charge is 2.38. The number of hydrogen-bond acceptors (Lipinski definition) is 7. The van der Waals surface area contributed by atoms with Crippen LogP contribution in [-0.4, -0.2) is 103 Å². The van der Waals surface area contributed by atoms with Gasteiger partial charge < -0.3 is 14.7 Å². The van der Waals surface area contributed by atoms with Gasteiger partial charge in [-0.05, 0) is 25.7 Å². The van der Waals surface area contributed by atoms with Gasteiger partial charge in [0.05, 0.1) is 25.1 Å². The van der Waals surface area contributed by atoms with Gasteiger partial charge in [0.2, 0.25) is 5.91 Å². The van der Waals surface area contributed by atoms with Gasteiger partial charge in [-0.25, -0.2) is 0 Å².